The van der Waals surface area contributed by atoms with Gasteiger partial charge in [-0.3, -0.25) is 0 Å². The van der Waals surface area contributed by atoms with Crippen LogP contribution in [0.4, 0.5) is 0 Å². The van der Waals surface area contributed by atoms with Gasteiger partial charge in [0.05, 0.1) is 7.11 Å². The van der Waals surface area contributed by atoms with Gasteiger partial charge in [0.2, 0.25) is 0 Å². The number of allylic oxidation sites excluding steroid dienone is 1. The van der Waals surface area contributed by atoms with E-state index in [1.807, 2.05) is 6.08 Å². The Morgan fingerprint density at radius 2 is 1.73 bits per heavy atom. The smallest absolute Gasteiger partial charge is 0.330 e. The lowest BCUT2D eigenvalue weighted by atomic mass is 10.1. The number of methoxy groups -OCH3 is 1. The Morgan fingerprint density at radius 3 is 2.33 bits per heavy atom. The van der Waals surface area contributed by atoms with E-state index in [9.17, 15) is 4.79 Å². The molecule has 0 aliphatic rings. The van der Waals surface area contributed by atoms with Gasteiger partial charge >= 0.3 is 5.97 Å². The molecule has 0 bridgehead atoms. The number of rotatable bonds is 9. The maximum Gasteiger partial charge on any atom is 0.330 e. The molecule has 3 nitrogen and oxygen atoms in total. The average molecular weight is 213 g/mol. The van der Waals surface area contributed by atoms with Crippen molar-refractivity contribution in [1.82, 2.24) is 0 Å². The van der Waals surface area contributed by atoms with Crippen LogP contribution in [0.2, 0.25) is 0 Å². The molecule has 0 radical (unpaired) electrons. The van der Waals surface area contributed by atoms with Gasteiger partial charge in [-0.2, -0.15) is 0 Å². The number of hydrogen-bond donors (Lipinski definition) is 1. The second-order valence-electron chi connectivity index (χ2n) is 3.62. The number of carbonyl (C=O) groups excluding carboxylic acids is 1. The van der Waals surface area contributed by atoms with Crippen molar-refractivity contribution in [2.45, 2.75) is 44.9 Å². The van der Waals surface area contributed by atoms with Gasteiger partial charge in [0.15, 0.2) is 0 Å². The lowest BCUT2D eigenvalue weighted by Crippen LogP contribution is -1.97. The van der Waals surface area contributed by atoms with Gasteiger partial charge in [0.25, 0.3) is 0 Å². The Bertz CT molecular complexity index is 178. The first-order valence-corrected chi connectivity index (χ1v) is 5.76. The van der Waals surface area contributed by atoms with Crippen LogP contribution in [0, 0.1) is 0 Å². The second kappa shape index (κ2) is 11.2. The lowest BCUT2D eigenvalue weighted by Gasteiger charge is -1.98. The van der Waals surface area contributed by atoms with E-state index in [1.54, 1.807) is 0 Å². The maximum absolute atomic E-state index is 10.7. The fourth-order valence-corrected chi connectivity index (χ4v) is 1.36. The Balaban J connectivity index is 3.11. The summed E-state index contributed by atoms with van der Waals surface area (Å²) in [5, 5.41) is 0. The molecule has 0 atom stereocenters. The van der Waals surface area contributed by atoms with E-state index >= 15 is 0 Å². The molecular formula is C12H23NO2. The van der Waals surface area contributed by atoms with Gasteiger partial charge in [-0.05, 0) is 25.8 Å². The van der Waals surface area contributed by atoms with Gasteiger partial charge in [-0.1, -0.05) is 31.8 Å². The second-order valence-corrected chi connectivity index (χ2v) is 3.62. The molecule has 0 aromatic carbocycles. The molecule has 0 aromatic rings. The molecule has 0 saturated carbocycles. The van der Waals surface area contributed by atoms with E-state index < -0.39 is 0 Å². The highest BCUT2D eigenvalue weighted by Gasteiger charge is 1.91. The highest BCUT2D eigenvalue weighted by atomic mass is 16.5. The maximum atomic E-state index is 10.7. The van der Waals surface area contributed by atoms with E-state index in [-0.39, 0.29) is 5.97 Å². The summed E-state index contributed by atoms with van der Waals surface area (Å²) in [5.41, 5.74) is 5.40. The van der Waals surface area contributed by atoms with Crippen molar-refractivity contribution in [3.63, 3.8) is 0 Å². The molecule has 0 rings (SSSR count). The average Bonchev–Trinajstić information content (AvgIpc) is 2.26. The molecule has 0 aromatic heterocycles. The van der Waals surface area contributed by atoms with Crippen LogP contribution in [-0.2, 0) is 9.53 Å². The lowest BCUT2D eigenvalue weighted by molar-refractivity contribution is -0.134. The van der Waals surface area contributed by atoms with Gasteiger partial charge in [0.1, 0.15) is 0 Å². The molecule has 0 aliphatic heterocycles. The van der Waals surface area contributed by atoms with Crippen molar-refractivity contribution in [2.24, 2.45) is 5.73 Å². The SMILES string of the molecule is COC(=O)/C=C/CCCCCCCCN. The van der Waals surface area contributed by atoms with Crippen molar-refractivity contribution in [1.29, 1.82) is 0 Å². The molecule has 15 heavy (non-hydrogen) atoms. The third-order valence-electron chi connectivity index (χ3n) is 2.28. The summed E-state index contributed by atoms with van der Waals surface area (Å²) in [6, 6.07) is 0. The van der Waals surface area contributed by atoms with E-state index in [4.69, 9.17) is 5.73 Å². The van der Waals surface area contributed by atoms with Crippen LogP contribution >= 0.6 is 0 Å². The Labute approximate surface area is 92.7 Å². The fourth-order valence-electron chi connectivity index (χ4n) is 1.36. The normalized spacial score (nSPS) is 10.8. The highest BCUT2D eigenvalue weighted by Crippen LogP contribution is 2.06. The largest absolute Gasteiger partial charge is 0.466 e. The molecule has 0 heterocycles. The quantitative estimate of drug-likeness (QED) is 0.363. The predicted molar refractivity (Wildman–Crippen MR) is 62.5 cm³/mol. The van der Waals surface area contributed by atoms with Crippen molar-refractivity contribution in [3.8, 4) is 0 Å². The van der Waals surface area contributed by atoms with Crippen LogP contribution in [0.5, 0.6) is 0 Å². The van der Waals surface area contributed by atoms with Crippen LogP contribution in [0.25, 0.3) is 0 Å². The molecule has 0 amide bonds. The number of unbranched alkanes of at least 4 members (excludes halogenated alkanes) is 6. The van der Waals surface area contributed by atoms with Crippen molar-refractivity contribution in [3.05, 3.63) is 12.2 Å². The molecule has 0 saturated heterocycles. The predicted octanol–water partition coefficient (Wildman–Crippen LogP) is 2.41. The minimum absolute atomic E-state index is 0.266. The number of ether oxygens (including phenoxy) is 1. The first kappa shape index (κ1) is 14.2. The molecule has 88 valence electrons. The van der Waals surface area contributed by atoms with Gasteiger partial charge in [-0.25, -0.2) is 4.79 Å². The van der Waals surface area contributed by atoms with E-state index in [0.717, 1.165) is 25.8 Å². The topological polar surface area (TPSA) is 52.3 Å². The zero-order chi connectivity index (χ0) is 11.4. The monoisotopic (exact) mass is 213 g/mol. The summed E-state index contributed by atoms with van der Waals surface area (Å²) < 4.78 is 4.48. The minimum atomic E-state index is -0.266. The summed E-state index contributed by atoms with van der Waals surface area (Å²) in [6.07, 6.45) is 11.7. The Kier molecular flexibility index (Phi) is 10.6. The van der Waals surface area contributed by atoms with Crippen molar-refractivity contribution >= 4 is 5.97 Å². The minimum Gasteiger partial charge on any atom is -0.466 e. The molecular weight excluding hydrogens is 190 g/mol. The van der Waals surface area contributed by atoms with Crippen molar-refractivity contribution in [2.75, 3.05) is 13.7 Å². The highest BCUT2D eigenvalue weighted by molar-refractivity contribution is 5.81. The number of esters is 1. The summed E-state index contributed by atoms with van der Waals surface area (Å²) in [7, 11) is 1.39. The first-order chi connectivity index (χ1) is 7.31. The molecule has 3 heteroatoms. The zero-order valence-corrected chi connectivity index (χ0v) is 9.71. The van der Waals surface area contributed by atoms with Gasteiger partial charge in [0, 0.05) is 6.08 Å². The van der Waals surface area contributed by atoms with E-state index in [1.165, 1.54) is 38.9 Å². The van der Waals surface area contributed by atoms with Crippen LogP contribution in [-0.4, -0.2) is 19.6 Å². The van der Waals surface area contributed by atoms with Crippen LogP contribution in [0.1, 0.15) is 44.9 Å². The van der Waals surface area contributed by atoms with Crippen molar-refractivity contribution < 1.29 is 9.53 Å². The van der Waals surface area contributed by atoms with Crippen LogP contribution < -0.4 is 5.73 Å². The van der Waals surface area contributed by atoms with Gasteiger partial charge in [-0.15, -0.1) is 0 Å². The summed E-state index contributed by atoms with van der Waals surface area (Å²) in [6.45, 7) is 0.807. The number of nitrogens with two attached hydrogens (primary N) is 1. The van der Waals surface area contributed by atoms with E-state index in [2.05, 4.69) is 4.74 Å². The molecule has 0 unspecified atom stereocenters. The van der Waals surface area contributed by atoms with E-state index in [0.29, 0.717) is 0 Å². The zero-order valence-electron chi connectivity index (χ0n) is 9.71. The fraction of sp³-hybridized carbons (Fsp3) is 0.750. The van der Waals surface area contributed by atoms with Gasteiger partial charge < -0.3 is 10.5 Å². The third kappa shape index (κ3) is 11.1. The molecule has 0 aliphatic carbocycles. The Hall–Kier alpha value is -0.830. The Morgan fingerprint density at radius 1 is 1.13 bits per heavy atom. The molecule has 2 N–H and O–H groups in total. The number of hydrogen-bond acceptors (Lipinski definition) is 3. The summed E-state index contributed by atoms with van der Waals surface area (Å²) in [4.78, 5) is 10.7. The first-order valence-electron chi connectivity index (χ1n) is 5.76. The standard InChI is InChI=1S/C12H23NO2/c1-15-12(14)10-8-6-4-2-3-5-7-9-11-13/h8,10H,2-7,9,11,13H2,1H3/b10-8+. The summed E-state index contributed by atoms with van der Waals surface area (Å²) in [5.74, 6) is -0.266. The number of carbonyl (C=O) groups is 1. The molecule has 0 spiro atoms. The van der Waals surface area contributed by atoms with Crippen LogP contribution in [0.3, 0.4) is 0 Å². The molecule has 0 fully saturated rings. The third-order valence-corrected chi connectivity index (χ3v) is 2.28. The summed E-state index contributed by atoms with van der Waals surface area (Å²) >= 11 is 0. The van der Waals surface area contributed by atoms with Crippen LogP contribution in [0.15, 0.2) is 12.2 Å².